The van der Waals surface area contributed by atoms with Gasteiger partial charge in [-0.2, -0.15) is 0 Å². The molecule has 2 aromatic rings. The second kappa shape index (κ2) is 6.89. The summed E-state index contributed by atoms with van der Waals surface area (Å²) >= 11 is 1.86. The fourth-order valence-corrected chi connectivity index (χ4v) is 3.88. The van der Waals surface area contributed by atoms with Gasteiger partial charge in [-0.1, -0.05) is 73.3 Å². The monoisotopic (exact) mass is 307 g/mol. The van der Waals surface area contributed by atoms with Gasteiger partial charge in [-0.15, -0.1) is 0 Å². The van der Waals surface area contributed by atoms with Crippen molar-refractivity contribution in [3.05, 3.63) is 71.8 Å². The molecule has 0 saturated heterocycles. The maximum atomic E-state index is 2.41. The van der Waals surface area contributed by atoms with Crippen molar-refractivity contribution in [1.82, 2.24) is 0 Å². The van der Waals surface area contributed by atoms with Gasteiger partial charge in [-0.3, -0.25) is 0 Å². The summed E-state index contributed by atoms with van der Waals surface area (Å²) in [6.07, 6.45) is 11.8. The molecular formula is C20H21NS. The SMILES string of the molecule is CCC=CC=CC=C1Sc2ccc3ccccc3c2N1CC. The smallest absolute Gasteiger partial charge is 0.0801 e. The molecule has 1 aliphatic rings. The highest BCUT2D eigenvalue weighted by atomic mass is 32.2. The van der Waals surface area contributed by atoms with Gasteiger partial charge in [0.25, 0.3) is 0 Å². The van der Waals surface area contributed by atoms with Crippen molar-refractivity contribution in [2.75, 3.05) is 11.4 Å². The topological polar surface area (TPSA) is 3.24 Å². The van der Waals surface area contributed by atoms with Gasteiger partial charge < -0.3 is 4.90 Å². The fraction of sp³-hybridized carbons (Fsp3) is 0.200. The minimum atomic E-state index is 0.985. The van der Waals surface area contributed by atoms with Crippen LogP contribution in [0.5, 0.6) is 0 Å². The molecule has 0 spiro atoms. The Balaban J connectivity index is 1.98. The van der Waals surface area contributed by atoms with Gasteiger partial charge in [-0.05, 0) is 30.9 Å². The molecule has 0 N–H and O–H groups in total. The van der Waals surface area contributed by atoms with Crippen LogP contribution in [0.2, 0.25) is 0 Å². The molecule has 2 aromatic carbocycles. The van der Waals surface area contributed by atoms with Crippen LogP contribution in [0.15, 0.2) is 76.7 Å². The number of nitrogens with zero attached hydrogens (tertiary/aromatic N) is 1. The second-order valence-corrected chi connectivity index (χ2v) is 6.27. The highest BCUT2D eigenvalue weighted by Crippen LogP contribution is 2.49. The number of hydrogen-bond acceptors (Lipinski definition) is 2. The molecule has 0 aromatic heterocycles. The van der Waals surface area contributed by atoms with E-state index in [0.29, 0.717) is 0 Å². The van der Waals surface area contributed by atoms with E-state index in [-0.39, 0.29) is 0 Å². The van der Waals surface area contributed by atoms with E-state index in [1.807, 2.05) is 11.8 Å². The molecule has 0 amide bonds. The summed E-state index contributed by atoms with van der Waals surface area (Å²) in [4.78, 5) is 3.76. The molecule has 1 nitrogen and oxygen atoms in total. The van der Waals surface area contributed by atoms with E-state index in [4.69, 9.17) is 0 Å². The Bertz CT molecular complexity index is 755. The van der Waals surface area contributed by atoms with Gasteiger partial charge >= 0.3 is 0 Å². The molecule has 2 heteroatoms. The quantitative estimate of drug-likeness (QED) is 0.624. The van der Waals surface area contributed by atoms with Gasteiger partial charge in [0.15, 0.2) is 0 Å². The van der Waals surface area contributed by atoms with Crippen molar-refractivity contribution in [3.8, 4) is 0 Å². The zero-order chi connectivity index (χ0) is 15.4. The predicted octanol–water partition coefficient (Wildman–Crippen LogP) is 6.14. The Kier molecular flexibility index (Phi) is 4.69. The third-order valence-corrected chi connectivity index (χ3v) is 4.88. The largest absolute Gasteiger partial charge is 0.335 e. The Labute approximate surface area is 137 Å². The summed E-state index contributed by atoms with van der Waals surface area (Å²) in [6, 6.07) is 13.1. The fourth-order valence-electron chi connectivity index (χ4n) is 2.73. The van der Waals surface area contributed by atoms with Crippen LogP contribution in [-0.4, -0.2) is 6.54 Å². The zero-order valence-corrected chi connectivity index (χ0v) is 13.9. The minimum absolute atomic E-state index is 0.985. The van der Waals surface area contributed by atoms with Crippen molar-refractivity contribution in [2.45, 2.75) is 25.2 Å². The second-order valence-electron chi connectivity index (χ2n) is 5.21. The highest BCUT2D eigenvalue weighted by molar-refractivity contribution is 8.03. The van der Waals surface area contributed by atoms with Crippen LogP contribution >= 0.6 is 11.8 Å². The first-order chi connectivity index (χ1) is 10.8. The molecule has 3 rings (SSSR count). The first-order valence-corrected chi connectivity index (χ1v) is 8.67. The summed E-state index contributed by atoms with van der Waals surface area (Å²) in [5.41, 5.74) is 1.36. The molecule has 0 radical (unpaired) electrons. The Morgan fingerprint density at radius 1 is 1.00 bits per heavy atom. The summed E-state index contributed by atoms with van der Waals surface area (Å²) in [5, 5.41) is 3.95. The molecular weight excluding hydrogens is 286 g/mol. The van der Waals surface area contributed by atoms with E-state index in [1.165, 1.54) is 26.4 Å². The number of thioether (sulfide) groups is 1. The number of rotatable bonds is 4. The van der Waals surface area contributed by atoms with E-state index in [1.54, 1.807) is 0 Å². The number of benzene rings is 2. The van der Waals surface area contributed by atoms with Crippen molar-refractivity contribution in [3.63, 3.8) is 0 Å². The molecule has 0 atom stereocenters. The molecule has 0 aliphatic carbocycles. The first-order valence-electron chi connectivity index (χ1n) is 7.85. The molecule has 0 saturated carbocycles. The standard InChI is InChI=1S/C20H21NS/c1-3-5-6-7-8-13-19-21(4-2)20-17-12-10-9-11-16(17)14-15-18(20)22-19/h5-15H,3-4H2,1-2H3. The lowest BCUT2D eigenvalue weighted by Crippen LogP contribution is -2.16. The van der Waals surface area contributed by atoms with Gasteiger partial charge in [0.1, 0.15) is 0 Å². The third kappa shape index (κ3) is 2.84. The molecule has 112 valence electrons. The maximum absolute atomic E-state index is 2.41. The van der Waals surface area contributed by atoms with E-state index in [0.717, 1.165) is 13.0 Å². The number of allylic oxidation sites excluding steroid dienone is 5. The van der Waals surface area contributed by atoms with Crippen molar-refractivity contribution < 1.29 is 0 Å². The van der Waals surface area contributed by atoms with Gasteiger partial charge in [0.2, 0.25) is 0 Å². The van der Waals surface area contributed by atoms with Gasteiger partial charge in [0, 0.05) is 16.8 Å². The number of anilines is 1. The summed E-state index contributed by atoms with van der Waals surface area (Å²) in [5.74, 6) is 0. The van der Waals surface area contributed by atoms with Crippen LogP contribution in [0.25, 0.3) is 10.8 Å². The third-order valence-electron chi connectivity index (χ3n) is 3.76. The molecule has 22 heavy (non-hydrogen) atoms. The Morgan fingerprint density at radius 3 is 2.68 bits per heavy atom. The normalized spacial score (nSPS) is 16.5. The Hall–Kier alpha value is -1.93. The van der Waals surface area contributed by atoms with Crippen molar-refractivity contribution >= 4 is 28.2 Å². The number of fused-ring (bicyclic) bond motifs is 3. The van der Waals surface area contributed by atoms with E-state index in [2.05, 4.69) is 85.5 Å². The van der Waals surface area contributed by atoms with Gasteiger partial charge in [0.05, 0.1) is 10.7 Å². The lowest BCUT2D eigenvalue weighted by Gasteiger charge is -2.19. The highest BCUT2D eigenvalue weighted by Gasteiger charge is 2.25. The summed E-state index contributed by atoms with van der Waals surface area (Å²) in [7, 11) is 0. The van der Waals surface area contributed by atoms with E-state index in [9.17, 15) is 0 Å². The molecule has 1 aliphatic heterocycles. The van der Waals surface area contributed by atoms with Crippen LogP contribution in [0, 0.1) is 0 Å². The number of hydrogen-bond donors (Lipinski definition) is 0. The molecule has 0 unspecified atom stereocenters. The maximum Gasteiger partial charge on any atom is 0.0801 e. The van der Waals surface area contributed by atoms with Crippen LogP contribution in [0.3, 0.4) is 0 Å². The lowest BCUT2D eigenvalue weighted by molar-refractivity contribution is 1.01. The van der Waals surface area contributed by atoms with Crippen LogP contribution < -0.4 is 4.90 Å². The predicted molar refractivity (Wildman–Crippen MR) is 99.5 cm³/mol. The minimum Gasteiger partial charge on any atom is -0.335 e. The zero-order valence-electron chi connectivity index (χ0n) is 13.1. The van der Waals surface area contributed by atoms with Crippen LogP contribution in [0.1, 0.15) is 20.3 Å². The summed E-state index contributed by atoms with van der Waals surface area (Å²) in [6.45, 7) is 5.35. The first kappa shape index (κ1) is 15.0. The summed E-state index contributed by atoms with van der Waals surface area (Å²) < 4.78 is 0. The van der Waals surface area contributed by atoms with Crippen LogP contribution in [-0.2, 0) is 0 Å². The van der Waals surface area contributed by atoms with Crippen LogP contribution in [0.4, 0.5) is 5.69 Å². The average molecular weight is 307 g/mol. The molecule has 0 fully saturated rings. The van der Waals surface area contributed by atoms with Crippen molar-refractivity contribution in [2.24, 2.45) is 0 Å². The van der Waals surface area contributed by atoms with Gasteiger partial charge in [-0.25, -0.2) is 0 Å². The average Bonchev–Trinajstić information content (AvgIpc) is 2.92. The van der Waals surface area contributed by atoms with E-state index < -0.39 is 0 Å². The molecule has 1 heterocycles. The lowest BCUT2D eigenvalue weighted by atomic mass is 10.1. The van der Waals surface area contributed by atoms with Crippen molar-refractivity contribution in [1.29, 1.82) is 0 Å². The van der Waals surface area contributed by atoms with E-state index >= 15 is 0 Å². The molecule has 0 bridgehead atoms. The Morgan fingerprint density at radius 2 is 1.86 bits per heavy atom.